The maximum Gasteiger partial charge on any atom is 0.321 e. The Labute approximate surface area is 176 Å². The summed E-state index contributed by atoms with van der Waals surface area (Å²) in [7, 11) is 1.62. The van der Waals surface area contributed by atoms with Gasteiger partial charge in [0.05, 0.1) is 7.11 Å². The number of piperidine rings is 1. The minimum absolute atomic E-state index is 0.0127. The molecule has 2 aromatic rings. The number of ether oxygens (including phenoxy) is 1. The second kappa shape index (κ2) is 10.6. The molecule has 0 aromatic heterocycles. The van der Waals surface area contributed by atoms with Crippen molar-refractivity contribution >= 4 is 17.6 Å². The van der Waals surface area contributed by atoms with Gasteiger partial charge in [-0.3, -0.25) is 4.79 Å². The topological polar surface area (TPSA) is 70.7 Å². The van der Waals surface area contributed by atoms with Crippen molar-refractivity contribution in [2.75, 3.05) is 25.5 Å². The molecule has 0 aliphatic carbocycles. The third-order valence-corrected chi connectivity index (χ3v) is 5.33. The summed E-state index contributed by atoms with van der Waals surface area (Å²) in [6.45, 7) is 1.80. The third kappa shape index (κ3) is 6.47. The van der Waals surface area contributed by atoms with E-state index in [1.807, 2.05) is 24.3 Å². The summed E-state index contributed by atoms with van der Waals surface area (Å²) in [5.41, 5.74) is 1.59. The number of benzene rings is 2. The predicted molar refractivity (Wildman–Crippen MR) is 114 cm³/mol. The standard InChI is InChI=1S/C23H28FN3O3/c1-30-21-11-4-17(5-12-21)15-25-22(28)13-6-18-3-2-14-27(16-18)23(29)26-20-9-7-19(24)8-10-20/h4-5,7-12,18H,2-3,6,13-16H2,1H3,(H,25,28)(H,26,29). The summed E-state index contributed by atoms with van der Waals surface area (Å²) < 4.78 is 18.1. The summed E-state index contributed by atoms with van der Waals surface area (Å²) in [5, 5.41) is 5.75. The third-order valence-electron chi connectivity index (χ3n) is 5.33. The fourth-order valence-corrected chi connectivity index (χ4v) is 3.59. The summed E-state index contributed by atoms with van der Waals surface area (Å²) in [6, 6.07) is 13.1. The lowest BCUT2D eigenvalue weighted by molar-refractivity contribution is -0.121. The number of likely N-dealkylation sites (tertiary alicyclic amines) is 1. The van der Waals surface area contributed by atoms with E-state index in [0.29, 0.717) is 37.7 Å². The van der Waals surface area contributed by atoms with Gasteiger partial charge in [0.25, 0.3) is 0 Å². The molecule has 7 heteroatoms. The van der Waals surface area contributed by atoms with Crippen LogP contribution in [0.25, 0.3) is 0 Å². The number of amides is 3. The van der Waals surface area contributed by atoms with Crippen molar-refractivity contribution in [1.29, 1.82) is 0 Å². The van der Waals surface area contributed by atoms with E-state index in [9.17, 15) is 14.0 Å². The molecular formula is C23H28FN3O3. The maximum atomic E-state index is 13.0. The fraction of sp³-hybridized carbons (Fsp3) is 0.391. The highest BCUT2D eigenvalue weighted by Crippen LogP contribution is 2.22. The molecule has 0 spiro atoms. The molecule has 1 saturated heterocycles. The molecule has 3 amide bonds. The van der Waals surface area contributed by atoms with Gasteiger partial charge in [-0.25, -0.2) is 9.18 Å². The average molecular weight is 413 g/mol. The van der Waals surface area contributed by atoms with Gasteiger partial charge in [-0.05, 0) is 67.1 Å². The summed E-state index contributed by atoms with van der Waals surface area (Å²) in [5.74, 6) is 0.759. The molecule has 1 unspecified atom stereocenters. The van der Waals surface area contributed by atoms with Crippen LogP contribution in [0.1, 0.15) is 31.2 Å². The Bertz CT molecular complexity index is 840. The van der Waals surface area contributed by atoms with E-state index in [2.05, 4.69) is 10.6 Å². The Morgan fingerprint density at radius 3 is 2.57 bits per heavy atom. The van der Waals surface area contributed by atoms with Crippen LogP contribution in [0.4, 0.5) is 14.9 Å². The molecule has 1 aliphatic rings. The number of hydrogen-bond acceptors (Lipinski definition) is 3. The van der Waals surface area contributed by atoms with Crippen molar-refractivity contribution in [1.82, 2.24) is 10.2 Å². The molecule has 1 atom stereocenters. The predicted octanol–water partition coefficient (Wildman–Crippen LogP) is 4.17. The zero-order valence-corrected chi connectivity index (χ0v) is 17.2. The molecule has 160 valence electrons. The van der Waals surface area contributed by atoms with Gasteiger partial charge in [-0.1, -0.05) is 12.1 Å². The molecule has 1 heterocycles. The molecule has 6 nitrogen and oxygen atoms in total. The van der Waals surface area contributed by atoms with Crippen LogP contribution in [-0.2, 0) is 11.3 Å². The van der Waals surface area contributed by atoms with Crippen molar-refractivity contribution in [2.45, 2.75) is 32.2 Å². The monoisotopic (exact) mass is 413 g/mol. The Morgan fingerprint density at radius 1 is 1.13 bits per heavy atom. The van der Waals surface area contributed by atoms with Crippen LogP contribution in [0.2, 0.25) is 0 Å². The van der Waals surface area contributed by atoms with Gasteiger partial charge in [0.1, 0.15) is 11.6 Å². The van der Waals surface area contributed by atoms with Gasteiger partial charge in [0, 0.05) is 31.7 Å². The normalized spacial score (nSPS) is 16.1. The number of methoxy groups -OCH3 is 1. The number of nitrogens with zero attached hydrogens (tertiary/aromatic N) is 1. The molecule has 2 N–H and O–H groups in total. The summed E-state index contributed by atoms with van der Waals surface area (Å²) in [4.78, 5) is 26.5. The highest BCUT2D eigenvalue weighted by molar-refractivity contribution is 5.89. The number of urea groups is 1. The van der Waals surface area contributed by atoms with Gasteiger partial charge >= 0.3 is 6.03 Å². The molecular weight excluding hydrogens is 385 g/mol. The van der Waals surface area contributed by atoms with Gasteiger partial charge < -0.3 is 20.3 Å². The summed E-state index contributed by atoms with van der Waals surface area (Å²) in [6.07, 6.45) is 3.10. The number of halogens is 1. The number of hydrogen-bond donors (Lipinski definition) is 2. The average Bonchev–Trinajstić information content (AvgIpc) is 2.78. The van der Waals surface area contributed by atoms with E-state index in [-0.39, 0.29) is 17.8 Å². The van der Waals surface area contributed by atoms with E-state index in [1.54, 1.807) is 24.1 Å². The lowest BCUT2D eigenvalue weighted by Gasteiger charge is -2.32. The van der Waals surface area contributed by atoms with Crippen LogP contribution in [0.3, 0.4) is 0 Å². The largest absolute Gasteiger partial charge is 0.497 e. The molecule has 2 aromatic carbocycles. The lowest BCUT2D eigenvalue weighted by Crippen LogP contribution is -2.42. The quantitative estimate of drug-likeness (QED) is 0.716. The van der Waals surface area contributed by atoms with Crippen LogP contribution in [-0.4, -0.2) is 37.0 Å². The molecule has 3 rings (SSSR count). The van der Waals surface area contributed by atoms with Gasteiger partial charge in [0.2, 0.25) is 5.91 Å². The second-order valence-electron chi connectivity index (χ2n) is 7.55. The molecule has 30 heavy (non-hydrogen) atoms. The first kappa shape index (κ1) is 21.6. The van der Waals surface area contributed by atoms with Crippen molar-refractivity contribution in [3.63, 3.8) is 0 Å². The number of carbonyl (C=O) groups excluding carboxylic acids is 2. The number of carbonyl (C=O) groups is 2. The maximum absolute atomic E-state index is 13.0. The molecule has 1 fully saturated rings. The van der Waals surface area contributed by atoms with E-state index in [4.69, 9.17) is 4.74 Å². The molecule has 0 radical (unpaired) electrons. The minimum atomic E-state index is -0.337. The number of nitrogens with one attached hydrogen (secondary N) is 2. The van der Waals surface area contributed by atoms with Gasteiger partial charge in [-0.15, -0.1) is 0 Å². The van der Waals surface area contributed by atoms with Crippen molar-refractivity contribution in [2.24, 2.45) is 5.92 Å². The van der Waals surface area contributed by atoms with Gasteiger partial charge in [0.15, 0.2) is 0 Å². The smallest absolute Gasteiger partial charge is 0.321 e. The fourth-order valence-electron chi connectivity index (χ4n) is 3.59. The first-order valence-electron chi connectivity index (χ1n) is 10.2. The van der Waals surface area contributed by atoms with Crippen LogP contribution in [0.5, 0.6) is 5.75 Å². The van der Waals surface area contributed by atoms with Crippen molar-refractivity contribution in [3.8, 4) is 5.75 Å². The Balaban J connectivity index is 1.40. The van der Waals surface area contributed by atoms with Gasteiger partial charge in [-0.2, -0.15) is 0 Å². The highest BCUT2D eigenvalue weighted by atomic mass is 19.1. The Kier molecular flexibility index (Phi) is 7.65. The SMILES string of the molecule is COc1ccc(CNC(=O)CCC2CCCN(C(=O)Nc3ccc(F)cc3)C2)cc1. The van der Waals surface area contributed by atoms with Crippen LogP contribution < -0.4 is 15.4 Å². The van der Waals surface area contributed by atoms with Crippen LogP contribution in [0.15, 0.2) is 48.5 Å². The van der Waals surface area contributed by atoms with Crippen LogP contribution >= 0.6 is 0 Å². The second-order valence-corrected chi connectivity index (χ2v) is 7.55. The summed E-state index contributed by atoms with van der Waals surface area (Å²) >= 11 is 0. The zero-order valence-electron chi connectivity index (χ0n) is 17.2. The first-order valence-corrected chi connectivity index (χ1v) is 10.2. The lowest BCUT2D eigenvalue weighted by atomic mass is 9.93. The first-order chi connectivity index (χ1) is 14.5. The number of anilines is 1. The number of rotatable bonds is 7. The minimum Gasteiger partial charge on any atom is -0.497 e. The van der Waals surface area contributed by atoms with E-state index >= 15 is 0 Å². The van der Waals surface area contributed by atoms with Crippen LogP contribution in [0, 0.1) is 11.7 Å². The van der Waals surface area contributed by atoms with E-state index in [0.717, 1.165) is 30.6 Å². The zero-order chi connectivity index (χ0) is 21.3. The van der Waals surface area contributed by atoms with E-state index < -0.39 is 0 Å². The molecule has 0 bridgehead atoms. The Hall–Kier alpha value is -3.09. The van der Waals surface area contributed by atoms with Crippen molar-refractivity contribution in [3.05, 3.63) is 59.9 Å². The van der Waals surface area contributed by atoms with Crippen molar-refractivity contribution < 1.29 is 18.7 Å². The molecule has 1 aliphatic heterocycles. The highest BCUT2D eigenvalue weighted by Gasteiger charge is 2.24. The Morgan fingerprint density at radius 2 is 1.87 bits per heavy atom. The van der Waals surface area contributed by atoms with E-state index in [1.165, 1.54) is 12.1 Å². The molecule has 0 saturated carbocycles.